The number of fused-ring (bicyclic) bond motifs is 2. The van der Waals surface area contributed by atoms with Crippen molar-refractivity contribution in [3.63, 3.8) is 0 Å². The van der Waals surface area contributed by atoms with Gasteiger partial charge in [0.1, 0.15) is 28.7 Å². The van der Waals surface area contributed by atoms with Crippen molar-refractivity contribution in [2.45, 2.75) is 32.6 Å². The highest BCUT2D eigenvalue weighted by molar-refractivity contribution is 7.85. The molecule has 0 unspecified atom stereocenters. The lowest BCUT2D eigenvalue weighted by molar-refractivity contribution is -0.114. The van der Waals surface area contributed by atoms with Gasteiger partial charge in [-0.1, -0.05) is 42.0 Å². The third-order valence-electron chi connectivity index (χ3n) is 8.30. The molecule has 14 heteroatoms. The number of benzene rings is 6. The maximum absolute atomic E-state index is 13.2. The molecule has 0 spiro atoms. The van der Waals surface area contributed by atoms with E-state index in [0.29, 0.717) is 39.3 Å². The van der Waals surface area contributed by atoms with Crippen LogP contribution in [-0.4, -0.2) is 41.7 Å². The molecule has 0 aliphatic carbocycles. The number of azo groups is 1. The second-order valence-corrected chi connectivity index (χ2v) is 13.7. The van der Waals surface area contributed by atoms with Gasteiger partial charge >= 0.3 is 0 Å². The summed E-state index contributed by atoms with van der Waals surface area (Å²) in [5.74, 6) is -0.312. The summed E-state index contributed by atoms with van der Waals surface area (Å²) < 4.78 is 45.2. The highest BCUT2D eigenvalue weighted by atomic mass is 32.2. The highest BCUT2D eigenvalue weighted by Gasteiger charge is 2.21. The molecule has 0 aliphatic rings. The fourth-order valence-corrected chi connectivity index (χ4v) is 6.36. The number of hydrogen-bond acceptors (Lipinski definition) is 10. The summed E-state index contributed by atoms with van der Waals surface area (Å²) in [5, 5.41) is 37.2. The zero-order valence-electron chi connectivity index (χ0n) is 29.0. The number of carbonyl (C=O) groups is 2. The number of ether oxygens (including phenoxy) is 2. The third-order valence-corrected chi connectivity index (χ3v) is 9.13. The number of nitrogens with zero attached hydrogens (tertiary/aromatic N) is 2. The Morgan fingerprint density at radius 3 is 2.19 bits per heavy atom. The van der Waals surface area contributed by atoms with E-state index in [1.54, 1.807) is 61.5 Å². The van der Waals surface area contributed by atoms with Gasteiger partial charge in [0, 0.05) is 23.1 Å². The zero-order valence-corrected chi connectivity index (χ0v) is 29.8. The molecule has 0 aliphatic heterocycles. The number of nitrogens with one attached hydrogen (secondary N) is 2. The molecule has 0 heterocycles. The van der Waals surface area contributed by atoms with Crippen LogP contribution < -0.4 is 20.1 Å². The lowest BCUT2D eigenvalue weighted by Gasteiger charge is -2.15. The Bertz CT molecular complexity index is 2570. The minimum atomic E-state index is -4.61. The minimum Gasteiger partial charge on any atom is -0.506 e. The van der Waals surface area contributed by atoms with Gasteiger partial charge in [0.15, 0.2) is 12.5 Å². The molecule has 0 atom stereocenters. The van der Waals surface area contributed by atoms with Crippen LogP contribution >= 0.6 is 0 Å². The molecule has 0 aromatic heterocycles. The molecule has 6 aromatic carbocycles. The van der Waals surface area contributed by atoms with Crippen molar-refractivity contribution in [2.75, 3.05) is 12.0 Å². The first-order valence-electron chi connectivity index (χ1n) is 16.2. The number of hydrogen-bond donors (Lipinski definition) is 5. The van der Waals surface area contributed by atoms with Gasteiger partial charge in [-0.05, 0) is 91.9 Å². The van der Waals surface area contributed by atoms with Gasteiger partial charge in [-0.15, -0.1) is 5.11 Å². The first-order chi connectivity index (χ1) is 25.2. The first kappa shape index (κ1) is 36.3. The van der Waals surface area contributed by atoms with Crippen LogP contribution in [0.15, 0.2) is 106 Å². The number of aryl methyl sites for hydroxylation is 3. The molecular weight excluding hydrogens is 701 g/mol. The molecule has 0 bridgehead atoms. The molecule has 0 radical (unpaired) electrons. The van der Waals surface area contributed by atoms with Crippen molar-refractivity contribution >= 4 is 60.5 Å². The highest BCUT2D eigenvalue weighted by Crippen LogP contribution is 2.44. The molecule has 53 heavy (non-hydrogen) atoms. The van der Waals surface area contributed by atoms with Crippen molar-refractivity contribution in [3.8, 4) is 28.7 Å². The maximum Gasteiger partial charge on any atom is 0.294 e. The van der Waals surface area contributed by atoms with E-state index in [0.717, 1.165) is 17.2 Å². The van der Waals surface area contributed by atoms with E-state index in [1.165, 1.54) is 19.1 Å². The number of anilines is 1. The number of amides is 2. The molecule has 0 fully saturated rings. The van der Waals surface area contributed by atoms with Gasteiger partial charge in [0.05, 0.1) is 21.8 Å². The standard InChI is InChI=1S/C39H34N4O9S/c1-21-9-14-33(22(2)15-21)51-20-40-39(47)31-19-34(29-7-5-6-8-30(29)37(31)45)52-27-12-10-26(11-13-27)42-43-36-23(3)16-25-17-28(53(48,49)50)18-32(41-24(4)44)35(25)38(36)46/h5-19,45-46H,20H2,1-4H3,(H,40,47)(H,41,44)(H,48,49,50). The Labute approximate surface area is 304 Å². The van der Waals surface area contributed by atoms with E-state index >= 15 is 0 Å². The minimum absolute atomic E-state index is 0.00483. The van der Waals surface area contributed by atoms with Crippen LogP contribution in [0.2, 0.25) is 0 Å². The average Bonchev–Trinajstić information content (AvgIpc) is 3.10. The van der Waals surface area contributed by atoms with Gasteiger partial charge in [-0.25, -0.2) is 0 Å². The average molecular weight is 735 g/mol. The number of phenols is 2. The zero-order chi connectivity index (χ0) is 38.0. The van der Waals surface area contributed by atoms with E-state index in [9.17, 15) is 32.8 Å². The quantitative estimate of drug-likeness (QED) is 0.0520. The van der Waals surface area contributed by atoms with E-state index < -0.39 is 26.8 Å². The molecule has 6 rings (SSSR count). The van der Waals surface area contributed by atoms with Crippen molar-refractivity contribution < 1.29 is 42.2 Å². The Kier molecular flexibility index (Phi) is 10.0. The van der Waals surface area contributed by atoms with Crippen LogP contribution in [0.1, 0.15) is 34.0 Å². The number of rotatable bonds is 10. The van der Waals surface area contributed by atoms with Crippen LogP contribution in [0.25, 0.3) is 21.5 Å². The van der Waals surface area contributed by atoms with E-state index in [4.69, 9.17) is 9.47 Å². The Balaban J connectivity index is 1.24. The van der Waals surface area contributed by atoms with Crippen molar-refractivity contribution in [1.82, 2.24) is 5.32 Å². The van der Waals surface area contributed by atoms with Gasteiger partial charge < -0.3 is 30.3 Å². The molecule has 0 saturated carbocycles. The topological polar surface area (TPSA) is 196 Å². The maximum atomic E-state index is 13.2. The number of aromatic hydroxyl groups is 2. The lowest BCUT2D eigenvalue weighted by atomic mass is 10.0. The van der Waals surface area contributed by atoms with Crippen molar-refractivity contribution in [3.05, 3.63) is 113 Å². The van der Waals surface area contributed by atoms with Crippen molar-refractivity contribution in [2.24, 2.45) is 10.2 Å². The van der Waals surface area contributed by atoms with Crippen LogP contribution in [0.4, 0.5) is 17.1 Å². The van der Waals surface area contributed by atoms with Gasteiger partial charge in [0.25, 0.3) is 16.0 Å². The Hall–Kier alpha value is -6.51. The summed E-state index contributed by atoms with van der Waals surface area (Å²) in [6.07, 6.45) is 0. The van der Waals surface area contributed by atoms with Crippen LogP contribution in [0, 0.1) is 20.8 Å². The molecule has 2 amide bonds. The largest absolute Gasteiger partial charge is 0.506 e. The molecular formula is C39H34N4O9S. The predicted molar refractivity (Wildman–Crippen MR) is 200 cm³/mol. The number of carbonyl (C=O) groups excluding carboxylic acids is 2. The molecule has 270 valence electrons. The summed E-state index contributed by atoms with van der Waals surface area (Å²) in [4.78, 5) is 24.6. The van der Waals surface area contributed by atoms with Crippen molar-refractivity contribution in [1.29, 1.82) is 0 Å². The molecule has 6 aromatic rings. The predicted octanol–water partition coefficient (Wildman–Crippen LogP) is 8.51. The van der Waals surface area contributed by atoms with Gasteiger partial charge in [-0.3, -0.25) is 14.1 Å². The summed E-state index contributed by atoms with van der Waals surface area (Å²) >= 11 is 0. The van der Waals surface area contributed by atoms with Gasteiger partial charge in [0.2, 0.25) is 5.91 Å². The second kappa shape index (κ2) is 14.6. The van der Waals surface area contributed by atoms with Gasteiger partial charge in [-0.2, -0.15) is 13.5 Å². The normalized spacial score (nSPS) is 11.6. The second-order valence-electron chi connectivity index (χ2n) is 12.3. The van der Waals surface area contributed by atoms with E-state index in [-0.39, 0.29) is 45.9 Å². The Morgan fingerprint density at radius 1 is 0.792 bits per heavy atom. The van der Waals surface area contributed by atoms with Crippen LogP contribution in [0.5, 0.6) is 28.7 Å². The summed E-state index contributed by atoms with van der Waals surface area (Å²) in [7, 11) is -4.61. The SMILES string of the molecule is CC(=O)Nc1cc(S(=O)(=O)O)cc2cc(C)c(N=Nc3ccc(Oc4cc(C(=O)NCOc5ccc(C)cc5C)c(O)c5ccccc45)cc3)c(O)c12. The van der Waals surface area contributed by atoms with Crippen LogP contribution in [0.3, 0.4) is 0 Å². The van der Waals surface area contributed by atoms with E-state index in [2.05, 4.69) is 20.9 Å². The number of phenolic OH excluding ortho intramolecular Hbond substituents is 2. The smallest absolute Gasteiger partial charge is 0.294 e. The third kappa shape index (κ3) is 7.88. The van der Waals surface area contributed by atoms with Crippen LogP contribution in [-0.2, 0) is 14.9 Å². The fraction of sp³-hybridized carbons (Fsp3) is 0.128. The van der Waals surface area contributed by atoms with E-state index in [1.807, 2.05) is 32.0 Å². The molecule has 0 saturated heterocycles. The molecule has 5 N–H and O–H groups in total. The summed E-state index contributed by atoms with van der Waals surface area (Å²) in [5.41, 5.74) is 2.88. The lowest BCUT2D eigenvalue weighted by Crippen LogP contribution is -2.28. The first-order valence-corrected chi connectivity index (χ1v) is 17.6. The Morgan fingerprint density at radius 2 is 1.51 bits per heavy atom. The summed E-state index contributed by atoms with van der Waals surface area (Å²) in [6.45, 7) is 6.62. The molecule has 13 nitrogen and oxygen atoms in total. The fourth-order valence-electron chi connectivity index (χ4n) is 5.82. The monoisotopic (exact) mass is 734 g/mol. The summed E-state index contributed by atoms with van der Waals surface area (Å²) in [6, 6.07) is 24.4.